The SMILES string of the molecule is CCCCN1c2ccccc2[C@@]23CCN4C(=O)CC[C@]5(CC[Si](C)(C)C(C)(C)C)CC(C(=O)OC)(O[C@@]452)[C@@H]13. The number of nitrogens with zero attached hydrogens (tertiary/aromatic N) is 2. The summed E-state index contributed by atoms with van der Waals surface area (Å²) in [5.41, 5.74) is -0.0487. The Hall–Kier alpha value is -1.86. The summed E-state index contributed by atoms with van der Waals surface area (Å²) in [7, 11) is -0.105. The van der Waals surface area contributed by atoms with E-state index in [9.17, 15) is 9.59 Å². The van der Waals surface area contributed by atoms with Crippen LogP contribution in [0.1, 0.15) is 78.2 Å². The summed E-state index contributed by atoms with van der Waals surface area (Å²) < 4.78 is 13.0. The van der Waals surface area contributed by atoms with Gasteiger partial charge < -0.3 is 19.3 Å². The monoisotopic (exact) mass is 538 g/mol. The maximum atomic E-state index is 14.0. The number of fused-ring (bicyclic) bond motifs is 3. The summed E-state index contributed by atoms with van der Waals surface area (Å²) in [6.45, 7) is 15.9. The molecule has 2 spiro atoms. The predicted octanol–water partition coefficient (Wildman–Crippen LogP) is 5.87. The van der Waals surface area contributed by atoms with Gasteiger partial charge in [-0.25, -0.2) is 4.79 Å². The minimum absolute atomic E-state index is 0.150. The minimum atomic E-state index is -1.61. The maximum Gasteiger partial charge on any atom is 0.340 e. The number of carbonyl (C=O) groups is 2. The number of benzene rings is 1. The van der Waals surface area contributed by atoms with E-state index < -0.39 is 24.8 Å². The lowest BCUT2D eigenvalue weighted by molar-refractivity contribution is -0.211. The number of piperidine rings is 1. The molecule has 208 valence electrons. The van der Waals surface area contributed by atoms with Crippen molar-refractivity contribution in [1.29, 1.82) is 0 Å². The summed E-state index contributed by atoms with van der Waals surface area (Å²) in [6.07, 6.45) is 5.94. The molecule has 6 rings (SSSR count). The molecule has 5 aliphatic rings. The molecule has 4 saturated heterocycles. The van der Waals surface area contributed by atoms with E-state index in [-0.39, 0.29) is 28.4 Å². The molecule has 0 saturated carbocycles. The van der Waals surface area contributed by atoms with Crippen molar-refractivity contribution in [3.8, 4) is 0 Å². The fourth-order valence-electron chi connectivity index (χ4n) is 9.21. The number of unbranched alkanes of at least 4 members (excludes halogenated alkanes) is 1. The van der Waals surface area contributed by atoms with Gasteiger partial charge in [-0.1, -0.05) is 71.5 Å². The largest absolute Gasteiger partial charge is 0.467 e. The first-order valence-electron chi connectivity index (χ1n) is 14.8. The third kappa shape index (κ3) is 2.83. The molecule has 1 aromatic rings. The number of amides is 1. The second kappa shape index (κ2) is 8.09. The Morgan fingerprint density at radius 2 is 1.95 bits per heavy atom. The van der Waals surface area contributed by atoms with Gasteiger partial charge in [0.15, 0.2) is 11.3 Å². The quantitative estimate of drug-likeness (QED) is 0.321. The number of ether oxygens (including phenoxy) is 2. The number of rotatable bonds is 7. The third-order valence-electron chi connectivity index (χ3n) is 11.9. The second-order valence-electron chi connectivity index (χ2n) is 14.5. The van der Waals surface area contributed by atoms with E-state index in [4.69, 9.17) is 9.47 Å². The van der Waals surface area contributed by atoms with Gasteiger partial charge in [-0.2, -0.15) is 0 Å². The average Bonchev–Trinajstić information content (AvgIpc) is 3.55. The number of esters is 1. The van der Waals surface area contributed by atoms with E-state index in [1.807, 2.05) is 0 Å². The lowest BCUT2D eigenvalue weighted by Gasteiger charge is -2.59. The van der Waals surface area contributed by atoms with Crippen molar-refractivity contribution in [3.05, 3.63) is 29.8 Å². The molecule has 0 radical (unpaired) electrons. The van der Waals surface area contributed by atoms with Crippen molar-refractivity contribution in [1.82, 2.24) is 4.90 Å². The molecule has 5 atom stereocenters. The van der Waals surface area contributed by atoms with Gasteiger partial charge in [-0.15, -0.1) is 0 Å². The molecule has 0 N–H and O–H groups in total. The smallest absolute Gasteiger partial charge is 0.340 e. The zero-order valence-electron chi connectivity index (χ0n) is 24.5. The van der Waals surface area contributed by atoms with E-state index in [1.54, 1.807) is 0 Å². The van der Waals surface area contributed by atoms with E-state index in [0.717, 1.165) is 44.7 Å². The molecule has 1 aromatic carbocycles. The number of para-hydroxylation sites is 1. The molecule has 1 amide bonds. The summed E-state index contributed by atoms with van der Waals surface area (Å²) in [5.74, 6) is -0.0657. The first-order chi connectivity index (χ1) is 17.9. The van der Waals surface area contributed by atoms with Crippen molar-refractivity contribution in [2.24, 2.45) is 5.41 Å². The lowest BCUT2D eigenvalue weighted by Crippen LogP contribution is -2.72. The highest BCUT2D eigenvalue weighted by molar-refractivity contribution is 6.80. The molecule has 2 bridgehead atoms. The fourth-order valence-corrected chi connectivity index (χ4v) is 11.1. The summed E-state index contributed by atoms with van der Waals surface area (Å²) in [5, 5.41) is 0.275. The van der Waals surface area contributed by atoms with Crippen LogP contribution in [0.5, 0.6) is 0 Å². The second-order valence-corrected chi connectivity index (χ2v) is 20.2. The van der Waals surface area contributed by atoms with Crippen molar-refractivity contribution >= 4 is 25.6 Å². The molecule has 0 aliphatic carbocycles. The number of hydrogen-bond donors (Lipinski definition) is 0. The molecule has 1 unspecified atom stereocenters. The molecular formula is C31H46N2O4Si. The van der Waals surface area contributed by atoms with Crippen molar-refractivity contribution in [3.63, 3.8) is 0 Å². The Kier molecular flexibility index (Phi) is 5.61. The van der Waals surface area contributed by atoms with Crippen molar-refractivity contribution in [2.45, 2.75) is 120 Å². The van der Waals surface area contributed by atoms with E-state index in [2.05, 4.69) is 74.9 Å². The van der Waals surface area contributed by atoms with Gasteiger partial charge >= 0.3 is 5.97 Å². The number of anilines is 1. The van der Waals surface area contributed by atoms with E-state index in [0.29, 0.717) is 19.4 Å². The Morgan fingerprint density at radius 3 is 2.63 bits per heavy atom. The third-order valence-corrected chi connectivity index (χ3v) is 17.5. The molecule has 5 aliphatic heterocycles. The van der Waals surface area contributed by atoms with Gasteiger partial charge in [0.05, 0.1) is 26.6 Å². The zero-order valence-corrected chi connectivity index (χ0v) is 25.5. The van der Waals surface area contributed by atoms with Gasteiger partial charge in [-0.05, 0) is 48.8 Å². The van der Waals surface area contributed by atoms with Gasteiger partial charge in [0, 0.05) is 30.6 Å². The molecular weight excluding hydrogens is 492 g/mol. The normalized spacial score (nSPS) is 36.9. The lowest BCUT2D eigenvalue weighted by atomic mass is 9.49. The van der Waals surface area contributed by atoms with Crippen molar-refractivity contribution < 1.29 is 19.1 Å². The molecule has 7 heteroatoms. The van der Waals surface area contributed by atoms with Gasteiger partial charge in [0.25, 0.3) is 0 Å². The average molecular weight is 539 g/mol. The summed E-state index contributed by atoms with van der Waals surface area (Å²) >= 11 is 0. The topological polar surface area (TPSA) is 59.1 Å². The van der Waals surface area contributed by atoms with Gasteiger partial charge in [0.2, 0.25) is 5.91 Å². The van der Waals surface area contributed by atoms with Crippen LogP contribution in [0.3, 0.4) is 0 Å². The van der Waals surface area contributed by atoms with Crippen LogP contribution in [0.2, 0.25) is 24.2 Å². The molecule has 5 heterocycles. The number of hydrogen-bond acceptors (Lipinski definition) is 5. The van der Waals surface area contributed by atoms with Crippen LogP contribution >= 0.6 is 0 Å². The zero-order chi connectivity index (χ0) is 27.4. The molecule has 38 heavy (non-hydrogen) atoms. The van der Waals surface area contributed by atoms with Crippen LogP contribution in [0.15, 0.2) is 24.3 Å². The number of carbonyl (C=O) groups excluding carboxylic acids is 2. The summed E-state index contributed by atoms with van der Waals surface area (Å²) in [6, 6.07) is 9.74. The minimum Gasteiger partial charge on any atom is -0.467 e. The van der Waals surface area contributed by atoms with Crippen LogP contribution in [-0.4, -0.2) is 62.4 Å². The van der Waals surface area contributed by atoms with E-state index >= 15 is 0 Å². The molecule has 6 nitrogen and oxygen atoms in total. The standard InChI is InChI=1S/C31H46N2O4Si/c1-8-9-18-32-23-13-11-10-12-22(23)29-16-19-33-24(34)14-15-28(17-20-38(6,7)27(2,3)4)21-30(25(29)32,26(35)36-5)37-31(28,29)33/h10-13,25H,8-9,14-21H2,1-7H3/t25-,28-,29+,30?,31-/m0/s1. The van der Waals surface area contributed by atoms with Crippen LogP contribution in [0.4, 0.5) is 5.69 Å². The van der Waals surface area contributed by atoms with Crippen LogP contribution in [0.25, 0.3) is 0 Å². The number of methoxy groups -OCH3 is 1. The van der Waals surface area contributed by atoms with Crippen molar-refractivity contribution in [2.75, 3.05) is 25.1 Å². The predicted molar refractivity (Wildman–Crippen MR) is 152 cm³/mol. The van der Waals surface area contributed by atoms with Crippen LogP contribution in [0, 0.1) is 5.41 Å². The Labute approximate surface area is 229 Å². The first-order valence-corrected chi connectivity index (χ1v) is 18.0. The molecule has 4 fully saturated rings. The van der Waals surface area contributed by atoms with Crippen LogP contribution < -0.4 is 4.90 Å². The maximum absolute atomic E-state index is 14.0. The Balaban J connectivity index is 1.58. The Bertz CT molecular complexity index is 1180. The highest BCUT2D eigenvalue weighted by atomic mass is 28.3. The molecule has 0 aromatic heterocycles. The van der Waals surface area contributed by atoms with E-state index in [1.165, 1.54) is 18.4 Å². The van der Waals surface area contributed by atoms with Crippen LogP contribution in [-0.2, 0) is 24.5 Å². The highest BCUT2D eigenvalue weighted by Crippen LogP contribution is 2.80. The fraction of sp³-hybridized carbons (Fsp3) is 0.742. The summed E-state index contributed by atoms with van der Waals surface area (Å²) in [4.78, 5) is 32.3. The van der Waals surface area contributed by atoms with Gasteiger partial charge in [0.1, 0.15) is 0 Å². The Morgan fingerprint density at radius 1 is 1.21 bits per heavy atom. The highest BCUT2D eigenvalue weighted by Gasteiger charge is 2.92. The first kappa shape index (κ1) is 26.4. The van der Waals surface area contributed by atoms with Gasteiger partial charge in [-0.3, -0.25) is 4.79 Å².